The molecule has 0 spiro atoms. The minimum Gasteiger partial charge on any atom is -0.323 e. The molecule has 1 N–H and O–H groups in total. The lowest BCUT2D eigenvalue weighted by Crippen LogP contribution is -2.30. The van der Waals surface area contributed by atoms with Gasteiger partial charge >= 0.3 is 0 Å². The quantitative estimate of drug-likeness (QED) is 0.752. The third kappa shape index (κ3) is 5.00. The molecule has 5 nitrogen and oxygen atoms in total. The Hall–Kier alpha value is -2.51. The van der Waals surface area contributed by atoms with Gasteiger partial charge in [0.2, 0.25) is 15.9 Å². The summed E-state index contributed by atoms with van der Waals surface area (Å²) in [6.07, 6.45) is 2.91. The van der Waals surface area contributed by atoms with Crippen LogP contribution in [0, 0.1) is 5.82 Å². The van der Waals surface area contributed by atoms with Crippen LogP contribution in [-0.4, -0.2) is 31.7 Å². The predicted molar refractivity (Wildman–Crippen MR) is 101 cm³/mol. The highest BCUT2D eigenvalue weighted by atomic mass is 32.2. The molecule has 0 aliphatic carbocycles. The first-order chi connectivity index (χ1) is 12.4. The highest BCUT2D eigenvalue weighted by molar-refractivity contribution is 7.89. The average molecular weight is 376 g/mol. The molecular weight excluding hydrogens is 355 g/mol. The number of carbonyl (C=O) groups is 1. The van der Waals surface area contributed by atoms with Gasteiger partial charge in [0, 0.05) is 24.9 Å². The number of benzene rings is 2. The van der Waals surface area contributed by atoms with Crippen molar-refractivity contribution in [1.82, 2.24) is 4.31 Å². The Morgan fingerprint density at radius 3 is 2.15 bits per heavy atom. The monoisotopic (exact) mass is 376 g/mol. The second-order valence-electron chi connectivity index (χ2n) is 5.49. The molecule has 0 aromatic heterocycles. The SMILES string of the molecule is CCN(CC)S(=O)(=O)c1ccc(/C=C/C(=O)Nc2ccc(F)cc2)cc1. The summed E-state index contributed by atoms with van der Waals surface area (Å²) in [4.78, 5) is 12.1. The maximum atomic E-state index is 12.8. The number of nitrogens with one attached hydrogen (secondary N) is 1. The Bertz CT molecular complexity index is 872. The van der Waals surface area contributed by atoms with Crippen molar-refractivity contribution in [1.29, 1.82) is 0 Å². The molecule has 0 unspecified atom stereocenters. The zero-order chi connectivity index (χ0) is 19.2. The largest absolute Gasteiger partial charge is 0.323 e. The van der Waals surface area contributed by atoms with Crippen LogP contribution in [0.3, 0.4) is 0 Å². The molecule has 0 bridgehead atoms. The first kappa shape index (κ1) is 19.8. The number of anilines is 1. The number of nitrogens with zero attached hydrogens (tertiary/aromatic N) is 1. The zero-order valence-electron chi connectivity index (χ0n) is 14.6. The van der Waals surface area contributed by atoms with Gasteiger partial charge < -0.3 is 5.32 Å². The summed E-state index contributed by atoms with van der Waals surface area (Å²) in [6.45, 7) is 4.39. The number of hydrogen-bond donors (Lipinski definition) is 1. The molecule has 2 aromatic rings. The van der Waals surface area contributed by atoms with Gasteiger partial charge in [-0.05, 0) is 48.0 Å². The Morgan fingerprint density at radius 2 is 1.62 bits per heavy atom. The molecule has 0 fully saturated rings. The van der Waals surface area contributed by atoms with Crippen LogP contribution in [0.4, 0.5) is 10.1 Å². The molecule has 7 heteroatoms. The van der Waals surface area contributed by atoms with Crippen molar-refractivity contribution in [3.63, 3.8) is 0 Å². The highest BCUT2D eigenvalue weighted by Gasteiger charge is 2.20. The van der Waals surface area contributed by atoms with Gasteiger partial charge in [0.15, 0.2) is 0 Å². The van der Waals surface area contributed by atoms with Crippen LogP contribution < -0.4 is 5.32 Å². The highest BCUT2D eigenvalue weighted by Crippen LogP contribution is 2.17. The van der Waals surface area contributed by atoms with E-state index < -0.39 is 10.0 Å². The van der Waals surface area contributed by atoms with Gasteiger partial charge in [-0.3, -0.25) is 4.79 Å². The number of rotatable bonds is 7. The van der Waals surface area contributed by atoms with Crippen LogP contribution in [0.25, 0.3) is 6.08 Å². The number of sulfonamides is 1. The van der Waals surface area contributed by atoms with E-state index in [-0.39, 0.29) is 16.6 Å². The lowest BCUT2D eigenvalue weighted by Gasteiger charge is -2.18. The van der Waals surface area contributed by atoms with E-state index in [1.807, 2.05) is 0 Å². The first-order valence-electron chi connectivity index (χ1n) is 8.21. The van der Waals surface area contributed by atoms with Crippen LogP contribution in [-0.2, 0) is 14.8 Å². The number of carbonyl (C=O) groups excluding carboxylic acids is 1. The smallest absolute Gasteiger partial charge is 0.248 e. The second-order valence-corrected chi connectivity index (χ2v) is 7.43. The summed E-state index contributed by atoms with van der Waals surface area (Å²) in [7, 11) is -3.49. The van der Waals surface area contributed by atoms with Gasteiger partial charge in [-0.25, -0.2) is 12.8 Å². The number of amides is 1. The van der Waals surface area contributed by atoms with E-state index in [4.69, 9.17) is 0 Å². The van der Waals surface area contributed by atoms with Crippen LogP contribution in [0.5, 0.6) is 0 Å². The lowest BCUT2D eigenvalue weighted by atomic mass is 10.2. The number of hydrogen-bond acceptors (Lipinski definition) is 3. The average Bonchev–Trinajstić information content (AvgIpc) is 2.63. The Labute approximate surface area is 153 Å². The van der Waals surface area contributed by atoms with E-state index >= 15 is 0 Å². The fourth-order valence-electron chi connectivity index (χ4n) is 2.35. The molecular formula is C19H21FN2O3S. The zero-order valence-corrected chi connectivity index (χ0v) is 15.5. The molecule has 138 valence electrons. The molecule has 2 rings (SSSR count). The molecule has 0 atom stereocenters. The molecule has 0 saturated carbocycles. The maximum absolute atomic E-state index is 12.8. The lowest BCUT2D eigenvalue weighted by molar-refractivity contribution is -0.111. The maximum Gasteiger partial charge on any atom is 0.248 e. The van der Waals surface area contributed by atoms with E-state index in [9.17, 15) is 17.6 Å². The van der Waals surface area contributed by atoms with Gasteiger partial charge in [0.1, 0.15) is 5.82 Å². The summed E-state index contributed by atoms with van der Waals surface area (Å²) in [5.74, 6) is -0.741. The minimum absolute atomic E-state index is 0.217. The Kier molecular flexibility index (Phi) is 6.65. The molecule has 0 aliphatic rings. The standard InChI is InChI=1S/C19H21FN2O3S/c1-3-22(4-2)26(24,25)18-12-5-15(6-13-18)7-14-19(23)21-17-10-8-16(20)9-11-17/h5-14H,3-4H2,1-2H3,(H,21,23)/b14-7+. The van der Waals surface area contributed by atoms with Gasteiger partial charge in [0.05, 0.1) is 4.90 Å². The Balaban J connectivity index is 2.05. The minimum atomic E-state index is -3.49. The van der Waals surface area contributed by atoms with E-state index in [0.717, 1.165) is 0 Å². The molecule has 0 aliphatic heterocycles. The molecule has 26 heavy (non-hydrogen) atoms. The van der Waals surface area contributed by atoms with Gasteiger partial charge in [-0.2, -0.15) is 4.31 Å². The summed E-state index contributed by atoms with van der Waals surface area (Å²) in [6, 6.07) is 11.8. The third-order valence-electron chi connectivity index (χ3n) is 3.76. The van der Waals surface area contributed by atoms with Crippen LogP contribution in [0.1, 0.15) is 19.4 Å². The van der Waals surface area contributed by atoms with E-state index in [1.165, 1.54) is 46.8 Å². The van der Waals surface area contributed by atoms with E-state index in [0.29, 0.717) is 24.3 Å². The molecule has 0 radical (unpaired) electrons. The van der Waals surface area contributed by atoms with Crippen molar-refractivity contribution < 1.29 is 17.6 Å². The van der Waals surface area contributed by atoms with Crippen molar-refractivity contribution >= 4 is 27.7 Å². The first-order valence-corrected chi connectivity index (χ1v) is 9.65. The fourth-order valence-corrected chi connectivity index (χ4v) is 3.81. The fraction of sp³-hybridized carbons (Fsp3) is 0.211. The topological polar surface area (TPSA) is 66.5 Å². The summed E-state index contributed by atoms with van der Waals surface area (Å²) < 4.78 is 39.0. The van der Waals surface area contributed by atoms with Crippen molar-refractivity contribution in [2.45, 2.75) is 18.7 Å². The number of halogens is 1. The summed E-state index contributed by atoms with van der Waals surface area (Å²) >= 11 is 0. The third-order valence-corrected chi connectivity index (χ3v) is 5.83. The van der Waals surface area contributed by atoms with Crippen molar-refractivity contribution in [3.8, 4) is 0 Å². The molecule has 2 aromatic carbocycles. The van der Waals surface area contributed by atoms with Crippen LogP contribution >= 0.6 is 0 Å². The Morgan fingerprint density at radius 1 is 1.04 bits per heavy atom. The predicted octanol–water partition coefficient (Wildman–Crippen LogP) is 3.51. The van der Waals surface area contributed by atoms with Gasteiger partial charge in [-0.15, -0.1) is 0 Å². The van der Waals surface area contributed by atoms with Crippen molar-refractivity contribution in [2.24, 2.45) is 0 Å². The van der Waals surface area contributed by atoms with Crippen LogP contribution in [0.2, 0.25) is 0 Å². The van der Waals surface area contributed by atoms with Gasteiger partial charge in [-0.1, -0.05) is 26.0 Å². The molecule has 0 heterocycles. The summed E-state index contributed by atoms with van der Waals surface area (Å²) in [5, 5.41) is 2.61. The summed E-state index contributed by atoms with van der Waals surface area (Å²) in [5.41, 5.74) is 1.18. The normalized spacial score (nSPS) is 11.8. The molecule has 1 amide bonds. The second kappa shape index (κ2) is 8.73. The van der Waals surface area contributed by atoms with E-state index in [1.54, 1.807) is 32.1 Å². The van der Waals surface area contributed by atoms with E-state index in [2.05, 4.69) is 5.32 Å². The van der Waals surface area contributed by atoms with Crippen molar-refractivity contribution in [3.05, 3.63) is 66.0 Å². The van der Waals surface area contributed by atoms with Gasteiger partial charge in [0.25, 0.3) is 0 Å². The van der Waals surface area contributed by atoms with Crippen LogP contribution in [0.15, 0.2) is 59.5 Å². The molecule has 0 saturated heterocycles. The van der Waals surface area contributed by atoms with Crippen molar-refractivity contribution in [2.75, 3.05) is 18.4 Å².